The van der Waals surface area contributed by atoms with Crippen LogP contribution in [0.5, 0.6) is 0 Å². The van der Waals surface area contributed by atoms with Crippen LogP contribution in [0.25, 0.3) is 0 Å². The highest BCUT2D eigenvalue weighted by Gasteiger charge is 2.28. The first-order valence-corrected chi connectivity index (χ1v) is 9.22. The lowest BCUT2D eigenvalue weighted by Gasteiger charge is -2.30. The zero-order valence-corrected chi connectivity index (χ0v) is 16.0. The van der Waals surface area contributed by atoms with Gasteiger partial charge in [0, 0.05) is 31.5 Å². The molecule has 0 saturated heterocycles. The van der Waals surface area contributed by atoms with Crippen molar-refractivity contribution in [1.82, 2.24) is 10.2 Å². The monoisotopic (exact) mass is 372 g/mol. The molecule has 0 unspecified atom stereocenters. The van der Waals surface area contributed by atoms with Crippen molar-refractivity contribution < 1.29 is 9.59 Å². The van der Waals surface area contributed by atoms with Gasteiger partial charge in [-0.15, -0.1) is 0 Å². The SMILES string of the molecule is CCCNC(=O)[C@@H](Cc1ccccc1)N(Cc1ccc(Cl)cc1)C(C)=O. The zero-order chi connectivity index (χ0) is 18.9. The van der Waals surface area contributed by atoms with Crippen molar-refractivity contribution in [2.45, 2.75) is 39.3 Å². The second-order valence-electron chi connectivity index (χ2n) is 6.27. The lowest BCUT2D eigenvalue weighted by molar-refractivity contribution is -0.139. The fourth-order valence-electron chi connectivity index (χ4n) is 2.78. The van der Waals surface area contributed by atoms with Crippen molar-refractivity contribution in [2.75, 3.05) is 6.54 Å². The van der Waals surface area contributed by atoms with Crippen LogP contribution in [0.3, 0.4) is 0 Å². The van der Waals surface area contributed by atoms with Crippen LogP contribution >= 0.6 is 11.6 Å². The highest BCUT2D eigenvalue weighted by atomic mass is 35.5. The largest absolute Gasteiger partial charge is 0.354 e. The Bertz CT molecular complexity index is 717. The van der Waals surface area contributed by atoms with E-state index < -0.39 is 6.04 Å². The van der Waals surface area contributed by atoms with E-state index in [1.54, 1.807) is 17.0 Å². The van der Waals surface area contributed by atoms with Gasteiger partial charge in [0.1, 0.15) is 6.04 Å². The third kappa shape index (κ3) is 5.88. The maximum Gasteiger partial charge on any atom is 0.243 e. The lowest BCUT2D eigenvalue weighted by Crippen LogP contribution is -2.50. The van der Waals surface area contributed by atoms with E-state index in [4.69, 9.17) is 11.6 Å². The lowest BCUT2D eigenvalue weighted by atomic mass is 10.0. The van der Waals surface area contributed by atoms with Crippen LogP contribution in [-0.4, -0.2) is 29.3 Å². The maximum absolute atomic E-state index is 12.8. The molecule has 0 aliphatic carbocycles. The van der Waals surface area contributed by atoms with E-state index in [2.05, 4.69) is 5.32 Å². The van der Waals surface area contributed by atoms with Gasteiger partial charge in [0.2, 0.25) is 11.8 Å². The van der Waals surface area contributed by atoms with Crippen LogP contribution in [0.2, 0.25) is 5.02 Å². The minimum absolute atomic E-state index is 0.125. The highest BCUT2D eigenvalue weighted by Crippen LogP contribution is 2.16. The van der Waals surface area contributed by atoms with Gasteiger partial charge in [0.15, 0.2) is 0 Å². The van der Waals surface area contributed by atoms with Crippen LogP contribution in [-0.2, 0) is 22.6 Å². The molecule has 0 aromatic heterocycles. The summed E-state index contributed by atoms with van der Waals surface area (Å²) in [6.45, 7) is 4.46. The average Bonchev–Trinajstić information content (AvgIpc) is 2.64. The number of nitrogens with one attached hydrogen (secondary N) is 1. The fourth-order valence-corrected chi connectivity index (χ4v) is 2.90. The van der Waals surface area contributed by atoms with E-state index in [9.17, 15) is 9.59 Å². The maximum atomic E-state index is 12.8. The molecular weight excluding hydrogens is 348 g/mol. The summed E-state index contributed by atoms with van der Waals surface area (Å²) in [6, 6.07) is 16.5. The first kappa shape index (κ1) is 20.0. The molecule has 2 aromatic rings. The normalized spacial score (nSPS) is 11.7. The molecular formula is C21H25ClN2O2. The smallest absolute Gasteiger partial charge is 0.243 e. The topological polar surface area (TPSA) is 49.4 Å². The van der Waals surface area contributed by atoms with Gasteiger partial charge in [-0.05, 0) is 29.7 Å². The minimum atomic E-state index is -0.558. The molecule has 0 bridgehead atoms. The van der Waals surface area contributed by atoms with Crippen LogP contribution < -0.4 is 5.32 Å². The van der Waals surface area contributed by atoms with Gasteiger partial charge in [0.25, 0.3) is 0 Å². The molecule has 0 radical (unpaired) electrons. The summed E-state index contributed by atoms with van der Waals surface area (Å²) in [4.78, 5) is 26.7. The van der Waals surface area contributed by atoms with Crippen LogP contribution in [0.4, 0.5) is 0 Å². The third-order valence-corrected chi connectivity index (χ3v) is 4.42. The summed E-state index contributed by atoms with van der Waals surface area (Å²) >= 11 is 5.94. The van der Waals surface area contributed by atoms with Crippen LogP contribution in [0, 0.1) is 0 Å². The van der Waals surface area contributed by atoms with E-state index in [1.807, 2.05) is 49.4 Å². The Morgan fingerprint density at radius 1 is 1.04 bits per heavy atom. The number of hydrogen-bond donors (Lipinski definition) is 1. The summed E-state index contributed by atoms with van der Waals surface area (Å²) in [5.74, 6) is -0.257. The number of carbonyl (C=O) groups excluding carboxylic acids is 2. The predicted octanol–water partition coefficient (Wildman–Crippen LogP) is 3.83. The molecule has 1 N–H and O–H groups in total. The molecule has 2 aromatic carbocycles. The van der Waals surface area contributed by atoms with Crippen molar-refractivity contribution in [2.24, 2.45) is 0 Å². The molecule has 5 heteroatoms. The van der Waals surface area contributed by atoms with E-state index in [-0.39, 0.29) is 11.8 Å². The summed E-state index contributed by atoms with van der Waals surface area (Å²) < 4.78 is 0. The molecule has 1 atom stereocenters. The Morgan fingerprint density at radius 3 is 2.27 bits per heavy atom. The first-order valence-electron chi connectivity index (χ1n) is 8.84. The first-order chi connectivity index (χ1) is 12.5. The molecule has 0 saturated carbocycles. The molecule has 4 nitrogen and oxygen atoms in total. The molecule has 2 amide bonds. The Morgan fingerprint density at radius 2 is 1.69 bits per heavy atom. The van der Waals surface area contributed by atoms with Gasteiger partial charge in [-0.3, -0.25) is 9.59 Å². The minimum Gasteiger partial charge on any atom is -0.354 e. The van der Waals surface area contributed by atoms with Crippen molar-refractivity contribution in [3.8, 4) is 0 Å². The molecule has 0 aliphatic rings. The second-order valence-corrected chi connectivity index (χ2v) is 6.71. The standard InChI is InChI=1S/C21H25ClN2O2/c1-3-13-23-21(26)20(14-17-7-5-4-6-8-17)24(16(2)25)15-18-9-11-19(22)12-10-18/h4-12,20H,3,13-15H2,1-2H3,(H,23,26)/t20-/m1/s1. The van der Waals surface area contributed by atoms with Gasteiger partial charge in [-0.1, -0.05) is 61.0 Å². The zero-order valence-electron chi connectivity index (χ0n) is 15.2. The Kier molecular flexibility index (Phi) is 7.67. The molecule has 138 valence electrons. The van der Waals surface area contributed by atoms with Crippen molar-refractivity contribution in [3.05, 3.63) is 70.7 Å². The van der Waals surface area contributed by atoms with Gasteiger partial charge < -0.3 is 10.2 Å². The van der Waals surface area contributed by atoms with Gasteiger partial charge in [0.05, 0.1) is 0 Å². The third-order valence-electron chi connectivity index (χ3n) is 4.17. The number of halogens is 1. The number of nitrogens with zero attached hydrogens (tertiary/aromatic N) is 1. The van der Waals surface area contributed by atoms with E-state index in [0.717, 1.165) is 17.5 Å². The van der Waals surface area contributed by atoms with Crippen LogP contribution in [0.15, 0.2) is 54.6 Å². The summed E-state index contributed by atoms with van der Waals surface area (Å²) in [5, 5.41) is 3.57. The molecule has 2 rings (SSSR count). The molecule has 0 spiro atoms. The summed E-state index contributed by atoms with van der Waals surface area (Å²) in [7, 11) is 0. The van der Waals surface area contributed by atoms with Crippen molar-refractivity contribution >= 4 is 23.4 Å². The Labute approximate surface area is 160 Å². The van der Waals surface area contributed by atoms with Crippen molar-refractivity contribution in [3.63, 3.8) is 0 Å². The Hall–Kier alpha value is -2.33. The number of amides is 2. The summed E-state index contributed by atoms with van der Waals surface area (Å²) in [6.07, 6.45) is 1.32. The number of rotatable bonds is 8. The van der Waals surface area contributed by atoms with Gasteiger partial charge in [-0.25, -0.2) is 0 Å². The second kappa shape index (κ2) is 9.97. The van der Waals surface area contributed by atoms with Gasteiger partial charge in [-0.2, -0.15) is 0 Å². The number of hydrogen-bond acceptors (Lipinski definition) is 2. The summed E-state index contributed by atoms with van der Waals surface area (Å²) in [5.41, 5.74) is 1.96. The van der Waals surface area contributed by atoms with Crippen molar-refractivity contribution in [1.29, 1.82) is 0 Å². The number of benzene rings is 2. The Balaban J connectivity index is 2.26. The quantitative estimate of drug-likeness (QED) is 0.765. The average molecular weight is 373 g/mol. The highest BCUT2D eigenvalue weighted by molar-refractivity contribution is 6.30. The fraction of sp³-hybridized carbons (Fsp3) is 0.333. The predicted molar refractivity (Wildman–Crippen MR) is 105 cm³/mol. The molecule has 0 fully saturated rings. The molecule has 0 aliphatic heterocycles. The number of carbonyl (C=O) groups is 2. The van der Waals surface area contributed by atoms with Gasteiger partial charge >= 0.3 is 0 Å². The molecule has 26 heavy (non-hydrogen) atoms. The van der Waals surface area contributed by atoms with Crippen LogP contribution in [0.1, 0.15) is 31.4 Å². The van der Waals surface area contributed by atoms with E-state index in [0.29, 0.717) is 24.5 Å². The van der Waals surface area contributed by atoms with E-state index in [1.165, 1.54) is 6.92 Å². The molecule has 0 heterocycles. The van der Waals surface area contributed by atoms with E-state index >= 15 is 0 Å².